The van der Waals surface area contributed by atoms with E-state index in [2.05, 4.69) is 0 Å². The van der Waals surface area contributed by atoms with E-state index in [4.69, 9.17) is 23.2 Å². The van der Waals surface area contributed by atoms with E-state index in [1.165, 1.54) is 6.07 Å². The van der Waals surface area contributed by atoms with Crippen LogP contribution in [0.1, 0.15) is 11.1 Å². The number of phenolic OH excluding ortho intramolecular Hbond substituents is 2. The second kappa shape index (κ2) is 4.86. The van der Waals surface area contributed by atoms with Gasteiger partial charge in [0, 0.05) is 22.0 Å². The van der Waals surface area contributed by atoms with Gasteiger partial charge in [-0.25, -0.2) is 0 Å². The van der Waals surface area contributed by atoms with Gasteiger partial charge < -0.3 is 10.2 Å². The monoisotopic (exact) mass is 268 g/mol. The molecule has 0 bridgehead atoms. The van der Waals surface area contributed by atoms with E-state index in [0.29, 0.717) is 27.6 Å². The molecule has 0 radical (unpaired) electrons. The maximum absolute atomic E-state index is 9.77. The molecule has 2 aromatic carbocycles. The Morgan fingerprint density at radius 3 is 2.29 bits per heavy atom. The van der Waals surface area contributed by atoms with Gasteiger partial charge in [-0.05, 0) is 23.8 Å². The Morgan fingerprint density at radius 1 is 0.941 bits per heavy atom. The van der Waals surface area contributed by atoms with Crippen molar-refractivity contribution in [3.05, 3.63) is 57.6 Å². The van der Waals surface area contributed by atoms with Crippen LogP contribution < -0.4 is 0 Å². The molecule has 0 heterocycles. The van der Waals surface area contributed by atoms with Crippen LogP contribution in [-0.2, 0) is 6.42 Å². The summed E-state index contributed by atoms with van der Waals surface area (Å²) in [5.41, 5.74) is 1.25. The number of rotatable bonds is 2. The molecule has 17 heavy (non-hydrogen) atoms. The molecule has 2 rings (SSSR count). The molecule has 2 nitrogen and oxygen atoms in total. The van der Waals surface area contributed by atoms with E-state index in [1.54, 1.807) is 24.3 Å². The van der Waals surface area contributed by atoms with Crippen LogP contribution in [0.5, 0.6) is 11.5 Å². The lowest BCUT2D eigenvalue weighted by molar-refractivity contribution is 0.463. The van der Waals surface area contributed by atoms with E-state index in [1.807, 2.05) is 6.07 Å². The normalized spacial score (nSPS) is 10.5. The summed E-state index contributed by atoms with van der Waals surface area (Å²) in [5, 5.41) is 20.2. The lowest BCUT2D eigenvalue weighted by Crippen LogP contribution is -1.91. The fourth-order valence-corrected chi connectivity index (χ4v) is 2.17. The third-order valence-electron chi connectivity index (χ3n) is 2.50. The fourth-order valence-electron chi connectivity index (χ4n) is 1.62. The van der Waals surface area contributed by atoms with Gasteiger partial charge in [-0.1, -0.05) is 41.4 Å². The fraction of sp³-hybridized carbons (Fsp3) is 0.0769. The third-order valence-corrected chi connectivity index (χ3v) is 3.05. The highest BCUT2D eigenvalue weighted by molar-refractivity contribution is 6.35. The minimum absolute atomic E-state index is 0.0331. The first-order valence-corrected chi connectivity index (χ1v) is 5.77. The number of aromatic hydroxyl groups is 2. The van der Waals surface area contributed by atoms with E-state index < -0.39 is 0 Å². The first-order chi connectivity index (χ1) is 8.08. The van der Waals surface area contributed by atoms with Crippen molar-refractivity contribution in [2.24, 2.45) is 0 Å². The van der Waals surface area contributed by atoms with E-state index >= 15 is 0 Å². The summed E-state index contributed by atoms with van der Waals surface area (Å²) in [4.78, 5) is 0. The van der Waals surface area contributed by atoms with Crippen molar-refractivity contribution in [3.8, 4) is 11.5 Å². The molecular formula is C13H10Cl2O2. The molecule has 0 aliphatic heterocycles. The predicted molar refractivity (Wildman–Crippen MR) is 69.0 cm³/mol. The molecule has 0 atom stereocenters. The third kappa shape index (κ3) is 2.65. The Bertz CT molecular complexity index is 530. The summed E-state index contributed by atoms with van der Waals surface area (Å²) in [7, 11) is 0. The summed E-state index contributed by atoms with van der Waals surface area (Å²) in [6.07, 6.45) is 0.356. The highest BCUT2D eigenvalue weighted by atomic mass is 35.5. The van der Waals surface area contributed by atoms with Gasteiger partial charge in [0.05, 0.1) is 0 Å². The van der Waals surface area contributed by atoms with Crippen LogP contribution in [0.4, 0.5) is 0 Å². The largest absolute Gasteiger partial charge is 0.508 e. The number of hydrogen-bond acceptors (Lipinski definition) is 2. The molecule has 0 unspecified atom stereocenters. The zero-order chi connectivity index (χ0) is 12.4. The van der Waals surface area contributed by atoms with Crippen molar-refractivity contribution in [3.63, 3.8) is 0 Å². The maximum Gasteiger partial charge on any atom is 0.122 e. The first kappa shape index (κ1) is 12.1. The SMILES string of the molecule is Oc1ccccc1Cc1c(O)cc(Cl)cc1Cl. The van der Waals surface area contributed by atoms with Gasteiger partial charge in [-0.3, -0.25) is 0 Å². The Hall–Kier alpha value is -1.38. The highest BCUT2D eigenvalue weighted by Crippen LogP contribution is 2.33. The molecule has 0 aromatic heterocycles. The highest BCUT2D eigenvalue weighted by Gasteiger charge is 2.11. The second-order valence-electron chi connectivity index (χ2n) is 3.69. The summed E-state index contributed by atoms with van der Waals surface area (Å²) in [6, 6.07) is 9.93. The number of hydrogen-bond donors (Lipinski definition) is 2. The molecule has 0 aliphatic carbocycles. The molecule has 4 heteroatoms. The molecule has 88 valence electrons. The van der Waals surface area contributed by atoms with Crippen LogP contribution in [0.15, 0.2) is 36.4 Å². The van der Waals surface area contributed by atoms with Crippen LogP contribution in [0.25, 0.3) is 0 Å². The predicted octanol–water partition coefficient (Wildman–Crippen LogP) is 4.00. The maximum atomic E-state index is 9.77. The molecule has 2 N–H and O–H groups in total. The lowest BCUT2D eigenvalue weighted by atomic mass is 10.0. The van der Waals surface area contributed by atoms with Crippen molar-refractivity contribution >= 4 is 23.2 Å². The van der Waals surface area contributed by atoms with Gasteiger partial charge in [0.1, 0.15) is 11.5 Å². The van der Waals surface area contributed by atoms with E-state index in [9.17, 15) is 10.2 Å². The standard InChI is InChI=1S/C13H10Cl2O2/c14-9-6-11(15)10(13(17)7-9)5-8-3-1-2-4-12(8)16/h1-4,6-7,16-17H,5H2. The van der Waals surface area contributed by atoms with Crippen LogP contribution >= 0.6 is 23.2 Å². The average molecular weight is 269 g/mol. The van der Waals surface area contributed by atoms with E-state index in [0.717, 1.165) is 0 Å². The topological polar surface area (TPSA) is 40.5 Å². The van der Waals surface area contributed by atoms with Crippen LogP contribution in [-0.4, -0.2) is 10.2 Å². The Kier molecular flexibility index (Phi) is 3.46. The molecule has 0 amide bonds. The summed E-state index contributed by atoms with van der Waals surface area (Å²) in [5.74, 6) is 0.212. The summed E-state index contributed by atoms with van der Waals surface area (Å²) in [6.45, 7) is 0. The van der Waals surface area contributed by atoms with Gasteiger partial charge in [-0.2, -0.15) is 0 Å². The summed E-state index contributed by atoms with van der Waals surface area (Å²) >= 11 is 11.8. The second-order valence-corrected chi connectivity index (χ2v) is 4.53. The number of halogens is 2. The van der Waals surface area contributed by atoms with Gasteiger partial charge in [-0.15, -0.1) is 0 Å². The molecule has 0 saturated heterocycles. The first-order valence-electron chi connectivity index (χ1n) is 5.01. The van der Waals surface area contributed by atoms with E-state index in [-0.39, 0.29) is 11.5 Å². The Labute approximate surface area is 109 Å². The zero-order valence-corrected chi connectivity index (χ0v) is 10.3. The van der Waals surface area contributed by atoms with Crippen LogP contribution in [0.2, 0.25) is 10.0 Å². The zero-order valence-electron chi connectivity index (χ0n) is 8.82. The molecule has 0 spiro atoms. The smallest absolute Gasteiger partial charge is 0.122 e. The van der Waals surface area contributed by atoms with Gasteiger partial charge in [0.15, 0.2) is 0 Å². The quantitative estimate of drug-likeness (QED) is 0.865. The van der Waals surface area contributed by atoms with Crippen molar-refractivity contribution in [2.75, 3.05) is 0 Å². The lowest BCUT2D eigenvalue weighted by Gasteiger charge is -2.09. The molecular weight excluding hydrogens is 259 g/mol. The Balaban J connectivity index is 2.40. The molecule has 0 aliphatic rings. The number of para-hydroxylation sites is 1. The van der Waals surface area contributed by atoms with Gasteiger partial charge in [0.25, 0.3) is 0 Å². The average Bonchev–Trinajstić information content (AvgIpc) is 2.25. The summed E-state index contributed by atoms with van der Waals surface area (Å²) < 4.78 is 0. The van der Waals surface area contributed by atoms with Gasteiger partial charge >= 0.3 is 0 Å². The van der Waals surface area contributed by atoms with Crippen molar-refractivity contribution < 1.29 is 10.2 Å². The molecule has 0 saturated carbocycles. The Morgan fingerprint density at radius 2 is 1.65 bits per heavy atom. The minimum atomic E-state index is 0.0331. The number of benzene rings is 2. The van der Waals surface area contributed by atoms with Crippen molar-refractivity contribution in [1.29, 1.82) is 0 Å². The number of phenols is 2. The van der Waals surface area contributed by atoms with Gasteiger partial charge in [0.2, 0.25) is 0 Å². The van der Waals surface area contributed by atoms with Crippen molar-refractivity contribution in [2.45, 2.75) is 6.42 Å². The van der Waals surface area contributed by atoms with Crippen LogP contribution in [0.3, 0.4) is 0 Å². The molecule has 0 fully saturated rings. The van der Waals surface area contributed by atoms with Crippen molar-refractivity contribution in [1.82, 2.24) is 0 Å². The minimum Gasteiger partial charge on any atom is -0.508 e. The van der Waals surface area contributed by atoms with Crippen LogP contribution in [0, 0.1) is 0 Å². The molecule has 2 aromatic rings.